The summed E-state index contributed by atoms with van der Waals surface area (Å²) in [5.74, 6) is -0.328. The van der Waals surface area contributed by atoms with Gasteiger partial charge in [0.05, 0.1) is 11.3 Å². The summed E-state index contributed by atoms with van der Waals surface area (Å²) in [5, 5.41) is 8.13. The number of hydrogen-bond donors (Lipinski definition) is 2. The van der Waals surface area contributed by atoms with Crippen LogP contribution in [0.1, 0.15) is 33.2 Å². The van der Waals surface area contributed by atoms with E-state index in [-0.39, 0.29) is 22.3 Å². The molecule has 2 N–H and O–H groups in total. The lowest BCUT2D eigenvalue weighted by atomic mass is 10.0. The molecule has 2 amide bonds. The van der Waals surface area contributed by atoms with Crippen molar-refractivity contribution in [1.82, 2.24) is 5.32 Å². The highest BCUT2D eigenvalue weighted by Crippen LogP contribution is 2.44. The highest BCUT2D eigenvalue weighted by atomic mass is 32.2. The molecule has 37 heavy (non-hydrogen) atoms. The Kier molecular flexibility index (Phi) is 6.93. The molecular weight excluding hydrogens is 478 g/mol. The van der Waals surface area contributed by atoms with Crippen LogP contribution in [0.2, 0.25) is 0 Å². The topological polar surface area (TPSA) is 61.4 Å². The summed E-state index contributed by atoms with van der Waals surface area (Å²) in [4.78, 5) is 29.9. The number of benzene rings is 4. The molecule has 1 unspecified atom stereocenters. The van der Waals surface area contributed by atoms with Crippen LogP contribution < -0.4 is 15.5 Å². The minimum Gasteiger partial charge on any atom is -0.378 e. The largest absolute Gasteiger partial charge is 0.378 e. The van der Waals surface area contributed by atoms with Crippen molar-refractivity contribution in [2.75, 3.05) is 24.3 Å². The van der Waals surface area contributed by atoms with Crippen molar-refractivity contribution in [3.63, 3.8) is 0 Å². The molecule has 6 heteroatoms. The molecule has 186 valence electrons. The average molecular weight is 508 g/mol. The average Bonchev–Trinajstić information content (AvgIpc) is 3.05. The first kappa shape index (κ1) is 24.5. The van der Waals surface area contributed by atoms with Crippen LogP contribution >= 0.6 is 10.5 Å². The lowest BCUT2D eigenvalue weighted by Gasteiger charge is -2.13. The Bertz CT molecular complexity index is 1510. The third kappa shape index (κ3) is 5.06. The van der Waals surface area contributed by atoms with Crippen LogP contribution in [0, 0.1) is 0 Å². The van der Waals surface area contributed by atoms with E-state index in [0.717, 1.165) is 32.2 Å². The first-order chi connectivity index (χ1) is 17.9. The van der Waals surface area contributed by atoms with Crippen LogP contribution in [-0.2, 0) is 6.54 Å². The van der Waals surface area contributed by atoms with Crippen molar-refractivity contribution >= 4 is 39.0 Å². The van der Waals surface area contributed by atoms with Crippen LogP contribution in [0.15, 0.2) is 101 Å². The zero-order valence-electron chi connectivity index (χ0n) is 21.1. The molecule has 0 radical (unpaired) electrons. The summed E-state index contributed by atoms with van der Waals surface area (Å²) in [6, 6.07) is 29.9. The predicted octanol–water partition coefficient (Wildman–Crippen LogP) is 6.42. The summed E-state index contributed by atoms with van der Waals surface area (Å²) in [6.45, 7) is 2.42. The van der Waals surface area contributed by atoms with E-state index in [1.165, 1.54) is 0 Å². The molecular formula is C31H29N3O2S. The Balaban J connectivity index is 1.29. The van der Waals surface area contributed by atoms with Crippen LogP contribution in [-0.4, -0.2) is 31.3 Å². The van der Waals surface area contributed by atoms with Gasteiger partial charge in [-0.2, -0.15) is 0 Å². The summed E-state index contributed by atoms with van der Waals surface area (Å²) >= 11 is 0. The number of rotatable bonds is 5. The SMILES string of the molecule is C/C=S1/c2ccc(C(=O)NCc3ccc(-c4ccc(N(C)C)cc4)cc3)cc2NC(=O)c2ccccc21. The zero-order valence-corrected chi connectivity index (χ0v) is 21.9. The van der Waals surface area contributed by atoms with E-state index in [9.17, 15) is 9.59 Å². The fourth-order valence-electron chi connectivity index (χ4n) is 4.42. The first-order valence-corrected chi connectivity index (χ1v) is 13.5. The second kappa shape index (κ2) is 10.4. The van der Waals surface area contributed by atoms with E-state index >= 15 is 0 Å². The Morgan fingerprint density at radius 3 is 2.24 bits per heavy atom. The van der Waals surface area contributed by atoms with Gasteiger partial charge in [0.2, 0.25) is 0 Å². The van der Waals surface area contributed by atoms with Crippen molar-refractivity contribution in [1.29, 1.82) is 0 Å². The van der Waals surface area contributed by atoms with E-state index in [1.807, 2.05) is 69.6 Å². The maximum absolute atomic E-state index is 13.0. The standard InChI is InChI=1S/C31H29N3O2S/c1-4-37-28-8-6-5-7-26(28)31(36)33-27-19-24(15-18-29(27)37)30(35)32-20-21-9-11-22(12-10-21)23-13-16-25(17-14-23)34(2)3/h4-19H,20H2,1-3H3,(H,32,35)(H,33,36). The van der Waals surface area contributed by atoms with Gasteiger partial charge in [0.15, 0.2) is 0 Å². The Morgan fingerprint density at radius 1 is 0.892 bits per heavy atom. The minimum absolute atomic E-state index is 0.150. The van der Waals surface area contributed by atoms with Gasteiger partial charge in [-0.05, 0) is 66.1 Å². The summed E-state index contributed by atoms with van der Waals surface area (Å²) < 4.78 is 0. The maximum atomic E-state index is 13.0. The van der Waals surface area contributed by atoms with Crippen LogP contribution in [0.4, 0.5) is 11.4 Å². The van der Waals surface area contributed by atoms with E-state index < -0.39 is 0 Å². The second-order valence-corrected chi connectivity index (χ2v) is 11.1. The molecule has 4 aromatic carbocycles. The predicted molar refractivity (Wildman–Crippen MR) is 154 cm³/mol. The van der Waals surface area contributed by atoms with Crippen molar-refractivity contribution in [3.05, 3.63) is 108 Å². The smallest absolute Gasteiger partial charge is 0.256 e. The molecule has 4 aromatic rings. The van der Waals surface area contributed by atoms with Gasteiger partial charge in [0.1, 0.15) is 0 Å². The molecule has 0 fully saturated rings. The van der Waals surface area contributed by atoms with Crippen molar-refractivity contribution in [2.24, 2.45) is 0 Å². The molecule has 0 saturated carbocycles. The minimum atomic E-state index is -0.359. The lowest BCUT2D eigenvalue weighted by Crippen LogP contribution is -2.23. The van der Waals surface area contributed by atoms with Gasteiger partial charge < -0.3 is 15.5 Å². The quantitative estimate of drug-likeness (QED) is 0.306. The Morgan fingerprint density at radius 2 is 1.57 bits per heavy atom. The van der Waals surface area contributed by atoms with Gasteiger partial charge in [-0.15, -0.1) is 10.5 Å². The van der Waals surface area contributed by atoms with Gasteiger partial charge in [-0.3, -0.25) is 9.59 Å². The molecule has 5 nitrogen and oxygen atoms in total. The summed E-state index contributed by atoms with van der Waals surface area (Å²) in [6.07, 6.45) is 0. The monoisotopic (exact) mass is 507 g/mol. The number of nitrogens with one attached hydrogen (secondary N) is 2. The lowest BCUT2D eigenvalue weighted by molar-refractivity contribution is 0.0949. The third-order valence-corrected chi connectivity index (χ3v) is 8.59. The number of fused-ring (bicyclic) bond motifs is 2. The van der Waals surface area contributed by atoms with Gasteiger partial charge in [-0.1, -0.05) is 53.9 Å². The fourth-order valence-corrected chi connectivity index (χ4v) is 6.35. The number of amides is 2. The van der Waals surface area contributed by atoms with E-state index in [4.69, 9.17) is 0 Å². The zero-order chi connectivity index (χ0) is 25.9. The summed E-state index contributed by atoms with van der Waals surface area (Å²) in [7, 11) is 3.70. The van der Waals surface area contributed by atoms with Crippen LogP contribution in [0.5, 0.6) is 0 Å². The van der Waals surface area contributed by atoms with Gasteiger partial charge in [-0.25, -0.2) is 0 Å². The maximum Gasteiger partial charge on any atom is 0.256 e. The Hall–Kier alpha value is -4.16. The molecule has 1 aliphatic heterocycles. The first-order valence-electron chi connectivity index (χ1n) is 12.2. The Labute approximate surface area is 220 Å². The number of carbonyl (C=O) groups excluding carboxylic acids is 2. The van der Waals surface area contributed by atoms with Crippen molar-refractivity contribution in [3.8, 4) is 11.1 Å². The molecule has 0 spiro atoms. The highest BCUT2D eigenvalue weighted by Gasteiger charge is 2.22. The molecule has 0 bridgehead atoms. The van der Waals surface area contributed by atoms with Gasteiger partial charge in [0.25, 0.3) is 11.8 Å². The molecule has 0 saturated heterocycles. The molecule has 0 aromatic heterocycles. The van der Waals surface area contributed by atoms with Crippen LogP contribution in [0.25, 0.3) is 11.1 Å². The van der Waals surface area contributed by atoms with Gasteiger partial charge >= 0.3 is 0 Å². The molecule has 5 rings (SSSR count). The van der Waals surface area contributed by atoms with Crippen molar-refractivity contribution < 1.29 is 9.59 Å². The van der Waals surface area contributed by atoms with E-state index in [1.54, 1.807) is 6.07 Å². The molecule has 1 heterocycles. The highest BCUT2D eigenvalue weighted by molar-refractivity contribution is 8.15. The van der Waals surface area contributed by atoms with Crippen LogP contribution in [0.3, 0.4) is 0 Å². The van der Waals surface area contributed by atoms with Crippen molar-refractivity contribution in [2.45, 2.75) is 23.3 Å². The van der Waals surface area contributed by atoms with E-state index in [0.29, 0.717) is 23.4 Å². The third-order valence-electron chi connectivity index (χ3n) is 6.46. The molecule has 1 atom stereocenters. The summed E-state index contributed by atoms with van der Waals surface area (Å²) in [5.41, 5.74) is 6.33. The number of hydrogen-bond acceptors (Lipinski definition) is 3. The number of anilines is 2. The molecule has 0 aliphatic carbocycles. The van der Waals surface area contributed by atoms with E-state index in [2.05, 4.69) is 57.3 Å². The number of nitrogens with zero attached hydrogens (tertiary/aromatic N) is 1. The number of carbonyl (C=O) groups is 2. The van der Waals surface area contributed by atoms with Gasteiger partial charge in [0, 0.05) is 41.7 Å². The second-order valence-electron chi connectivity index (χ2n) is 9.06. The fraction of sp³-hybridized carbons (Fsp3) is 0.129. The molecule has 1 aliphatic rings. The normalized spacial score (nSPS) is 14.2.